The van der Waals surface area contributed by atoms with Gasteiger partial charge in [-0.25, -0.2) is 4.68 Å². The molecule has 2 aliphatic rings. The van der Waals surface area contributed by atoms with E-state index < -0.39 is 0 Å². The Hall–Kier alpha value is -2.81. The van der Waals surface area contributed by atoms with Crippen molar-refractivity contribution in [1.29, 1.82) is 0 Å². The summed E-state index contributed by atoms with van der Waals surface area (Å²) in [4.78, 5) is 7.19. The lowest BCUT2D eigenvalue weighted by atomic mass is 10.0. The van der Waals surface area contributed by atoms with Crippen LogP contribution in [0.4, 0.5) is 5.69 Å². The van der Waals surface area contributed by atoms with E-state index in [1.165, 1.54) is 16.8 Å². The van der Waals surface area contributed by atoms with Crippen LogP contribution in [0.25, 0.3) is 0 Å². The summed E-state index contributed by atoms with van der Waals surface area (Å²) < 4.78 is 7.85. The first kappa shape index (κ1) is 23.0. The van der Waals surface area contributed by atoms with Gasteiger partial charge in [0, 0.05) is 59.1 Å². The fourth-order valence-corrected chi connectivity index (χ4v) is 5.02. The minimum Gasteiger partial charge on any atom is -0.378 e. The fraction of sp³-hybridized carbons (Fsp3) is 0.500. The van der Waals surface area contributed by atoms with Crippen molar-refractivity contribution in [3.05, 3.63) is 71.5 Å². The fourth-order valence-electron chi connectivity index (χ4n) is 5.02. The molecule has 0 amide bonds. The number of rotatable bonds is 8. The first-order chi connectivity index (χ1) is 16.7. The molecule has 3 heterocycles. The highest BCUT2D eigenvalue weighted by molar-refractivity contribution is 5.47. The summed E-state index contributed by atoms with van der Waals surface area (Å²) in [5, 5.41) is 13.0. The summed E-state index contributed by atoms with van der Waals surface area (Å²) in [6.45, 7) is 6.53. The molecule has 8 nitrogen and oxygen atoms in total. The van der Waals surface area contributed by atoms with Gasteiger partial charge in [-0.2, -0.15) is 0 Å². The van der Waals surface area contributed by atoms with Crippen molar-refractivity contribution in [1.82, 2.24) is 30.0 Å². The van der Waals surface area contributed by atoms with Crippen LogP contribution >= 0.6 is 0 Å². The zero-order valence-electron chi connectivity index (χ0n) is 20.3. The quantitative estimate of drug-likeness (QED) is 0.511. The summed E-state index contributed by atoms with van der Waals surface area (Å²) in [5.41, 5.74) is 3.78. The Morgan fingerprint density at radius 1 is 1.00 bits per heavy atom. The van der Waals surface area contributed by atoms with Crippen LogP contribution in [-0.4, -0.2) is 83.0 Å². The second-order valence-corrected chi connectivity index (χ2v) is 9.54. The lowest BCUT2D eigenvalue weighted by Gasteiger charge is -2.39. The molecule has 0 spiro atoms. The Morgan fingerprint density at radius 3 is 2.44 bits per heavy atom. The van der Waals surface area contributed by atoms with Crippen LogP contribution in [0, 0.1) is 0 Å². The summed E-state index contributed by atoms with van der Waals surface area (Å²) in [6.07, 6.45) is 2.38. The molecule has 0 radical (unpaired) electrons. The number of piperazine rings is 1. The zero-order chi connectivity index (χ0) is 23.3. The van der Waals surface area contributed by atoms with Crippen molar-refractivity contribution < 1.29 is 4.74 Å². The summed E-state index contributed by atoms with van der Waals surface area (Å²) in [7, 11) is 4.14. The molecule has 2 atom stereocenters. The number of anilines is 1. The molecule has 0 N–H and O–H groups in total. The highest BCUT2D eigenvalue weighted by atomic mass is 16.5. The average molecular weight is 462 g/mol. The second kappa shape index (κ2) is 10.6. The highest BCUT2D eigenvalue weighted by Gasteiger charge is 2.31. The Kier molecular flexibility index (Phi) is 7.18. The van der Waals surface area contributed by atoms with Crippen molar-refractivity contribution in [3.8, 4) is 0 Å². The summed E-state index contributed by atoms with van der Waals surface area (Å²) >= 11 is 0. The molecule has 2 fully saturated rings. The molecule has 0 saturated carbocycles. The van der Waals surface area contributed by atoms with Gasteiger partial charge in [0.15, 0.2) is 5.82 Å². The van der Waals surface area contributed by atoms with Crippen LogP contribution in [0.15, 0.2) is 54.6 Å². The van der Waals surface area contributed by atoms with Crippen LogP contribution < -0.4 is 4.90 Å². The van der Waals surface area contributed by atoms with E-state index in [0.717, 1.165) is 58.0 Å². The molecule has 2 aromatic carbocycles. The van der Waals surface area contributed by atoms with Crippen molar-refractivity contribution in [2.45, 2.75) is 38.1 Å². The van der Waals surface area contributed by atoms with Gasteiger partial charge in [0.2, 0.25) is 0 Å². The van der Waals surface area contributed by atoms with Gasteiger partial charge in [-0.3, -0.25) is 9.80 Å². The van der Waals surface area contributed by atoms with Crippen molar-refractivity contribution >= 4 is 5.69 Å². The average Bonchev–Trinajstić information content (AvgIpc) is 3.54. The van der Waals surface area contributed by atoms with Crippen LogP contribution in [0.2, 0.25) is 0 Å². The topological polar surface area (TPSA) is 62.6 Å². The van der Waals surface area contributed by atoms with E-state index in [1.807, 2.05) is 4.68 Å². The molecule has 3 aromatic rings. The number of tetrazole rings is 1. The van der Waals surface area contributed by atoms with E-state index in [1.54, 1.807) is 0 Å². The molecule has 34 heavy (non-hydrogen) atoms. The Bertz CT molecular complexity index is 1020. The first-order valence-corrected chi connectivity index (χ1v) is 12.3. The summed E-state index contributed by atoms with van der Waals surface area (Å²) in [6, 6.07) is 19.6. The molecule has 180 valence electrons. The Balaban J connectivity index is 1.36. The molecule has 1 aromatic heterocycles. The number of hydrogen-bond donors (Lipinski definition) is 0. The monoisotopic (exact) mass is 461 g/mol. The van der Waals surface area contributed by atoms with Crippen LogP contribution in [-0.2, 0) is 17.8 Å². The maximum atomic E-state index is 5.88. The van der Waals surface area contributed by atoms with E-state index >= 15 is 0 Å². The molecule has 0 aliphatic carbocycles. The molecule has 2 saturated heterocycles. The number of hydrogen-bond acceptors (Lipinski definition) is 7. The van der Waals surface area contributed by atoms with Crippen molar-refractivity contribution in [3.63, 3.8) is 0 Å². The normalized spacial score (nSPS) is 20.5. The maximum Gasteiger partial charge on any atom is 0.173 e. The molecular weight excluding hydrogens is 426 g/mol. The van der Waals surface area contributed by atoms with Crippen LogP contribution in [0.1, 0.15) is 35.8 Å². The molecule has 0 bridgehead atoms. The Morgan fingerprint density at radius 2 is 1.76 bits per heavy atom. The summed E-state index contributed by atoms with van der Waals surface area (Å²) in [5.74, 6) is 0.907. The molecular formula is C26H35N7O. The maximum absolute atomic E-state index is 5.88. The van der Waals surface area contributed by atoms with Gasteiger partial charge in [0.1, 0.15) is 0 Å². The minimum absolute atomic E-state index is 0.0199. The largest absolute Gasteiger partial charge is 0.378 e. The van der Waals surface area contributed by atoms with E-state index in [0.29, 0.717) is 6.54 Å². The van der Waals surface area contributed by atoms with E-state index in [9.17, 15) is 0 Å². The third-order valence-corrected chi connectivity index (χ3v) is 6.95. The molecule has 2 aliphatic heterocycles. The number of nitrogens with zero attached hydrogens (tertiary/aromatic N) is 7. The van der Waals surface area contributed by atoms with Crippen LogP contribution in [0.3, 0.4) is 0 Å². The van der Waals surface area contributed by atoms with E-state index in [-0.39, 0.29) is 12.1 Å². The lowest BCUT2D eigenvalue weighted by Crippen LogP contribution is -2.48. The van der Waals surface area contributed by atoms with Crippen molar-refractivity contribution in [2.24, 2.45) is 0 Å². The van der Waals surface area contributed by atoms with Gasteiger partial charge in [0.05, 0.1) is 18.7 Å². The van der Waals surface area contributed by atoms with Gasteiger partial charge in [-0.15, -0.1) is 5.10 Å². The predicted molar refractivity (Wildman–Crippen MR) is 133 cm³/mol. The van der Waals surface area contributed by atoms with Gasteiger partial charge in [-0.05, 0) is 46.5 Å². The number of aromatic nitrogens is 4. The zero-order valence-corrected chi connectivity index (χ0v) is 20.3. The third-order valence-electron chi connectivity index (χ3n) is 6.95. The van der Waals surface area contributed by atoms with E-state index in [2.05, 4.69) is 98.9 Å². The first-order valence-electron chi connectivity index (χ1n) is 12.3. The SMILES string of the molecule is CN(C)c1ccc([C@H](c2nnnn2C[C@@H]2CCCO2)N2CCN(Cc3ccccc3)CC2)cc1. The van der Waals surface area contributed by atoms with Crippen molar-refractivity contribution in [2.75, 3.05) is 51.8 Å². The number of benzene rings is 2. The second-order valence-electron chi connectivity index (χ2n) is 9.54. The smallest absolute Gasteiger partial charge is 0.173 e. The standard InChI is InChI=1S/C26H35N7O/c1-30(2)23-12-10-22(11-13-23)25(26-27-28-29-33(26)20-24-9-6-18-34-24)32-16-14-31(15-17-32)19-21-7-4-3-5-8-21/h3-5,7-8,10-13,24-25H,6,9,14-20H2,1-2H3/t24-,25+/m0/s1. The minimum atomic E-state index is 0.0199. The van der Waals surface area contributed by atoms with Gasteiger partial charge in [-0.1, -0.05) is 42.5 Å². The van der Waals surface area contributed by atoms with Gasteiger partial charge >= 0.3 is 0 Å². The predicted octanol–water partition coefficient (Wildman–Crippen LogP) is 2.83. The molecule has 8 heteroatoms. The van der Waals surface area contributed by atoms with Gasteiger partial charge in [0.25, 0.3) is 0 Å². The van der Waals surface area contributed by atoms with Gasteiger partial charge < -0.3 is 9.64 Å². The van der Waals surface area contributed by atoms with E-state index in [4.69, 9.17) is 4.74 Å². The number of ether oxygens (including phenoxy) is 1. The Labute approximate surface area is 202 Å². The van der Waals surface area contributed by atoms with Crippen LogP contribution in [0.5, 0.6) is 0 Å². The lowest BCUT2D eigenvalue weighted by molar-refractivity contribution is 0.0842. The highest BCUT2D eigenvalue weighted by Crippen LogP contribution is 2.30. The molecule has 0 unspecified atom stereocenters. The molecule has 5 rings (SSSR count). The third kappa shape index (κ3) is 5.29.